The van der Waals surface area contributed by atoms with E-state index >= 15 is 0 Å². The Morgan fingerprint density at radius 3 is 2.87 bits per heavy atom. The van der Waals surface area contributed by atoms with Crippen molar-refractivity contribution < 1.29 is 14.3 Å². The molecule has 8 heteroatoms. The number of ether oxygens (including phenoxy) is 1. The number of esters is 1. The highest BCUT2D eigenvalue weighted by Crippen LogP contribution is 2.26. The number of aromatic nitrogens is 1. The number of rotatable bonds is 6. The molecule has 1 aromatic carbocycles. The van der Waals surface area contributed by atoms with E-state index < -0.39 is 0 Å². The monoisotopic (exact) mass is 470 g/mol. The number of hydrogen-bond donors (Lipinski definition) is 2. The Morgan fingerprint density at radius 1 is 1.40 bits per heavy atom. The molecule has 1 amide bonds. The second kappa shape index (κ2) is 9.72. The maximum atomic E-state index is 12.8. The van der Waals surface area contributed by atoms with E-state index in [1.54, 1.807) is 18.3 Å². The topological polar surface area (TPSA) is 104 Å². The van der Waals surface area contributed by atoms with Gasteiger partial charge in [-0.3, -0.25) is 9.59 Å². The van der Waals surface area contributed by atoms with Crippen molar-refractivity contribution in [3.63, 3.8) is 0 Å². The van der Waals surface area contributed by atoms with Crippen LogP contribution in [0.2, 0.25) is 0 Å². The van der Waals surface area contributed by atoms with E-state index in [0.29, 0.717) is 41.0 Å². The van der Waals surface area contributed by atoms with Gasteiger partial charge in [-0.1, -0.05) is 13.8 Å². The Morgan fingerprint density at radius 2 is 2.20 bits per heavy atom. The number of cyclic esters (lactones) is 1. The van der Waals surface area contributed by atoms with Crippen molar-refractivity contribution in [2.45, 2.75) is 32.6 Å². The molecule has 0 bridgehead atoms. The second-order valence-electron chi connectivity index (χ2n) is 7.53. The molecule has 2 heterocycles. The fraction of sp³-hybridized carbons (Fsp3) is 0.364. The van der Waals surface area contributed by atoms with Crippen LogP contribution in [0.1, 0.15) is 54.1 Å². The third kappa shape index (κ3) is 5.36. The smallest absolute Gasteiger partial charge is 0.306 e. The summed E-state index contributed by atoms with van der Waals surface area (Å²) < 4.78 is 5.64. The highest BCUT2D eigenvalue weighted by atomic mass is 79.9. The van der Waals surface area contributed by atoms with Gasteiger partial charge < -0.3 is 15.4 Å². The molecule has 1 aliphatic rings. The van der Waals surface area contributed by atoms with Crippen LogP contribution in [0, 0.1) is 17.2 Å². The molecule has 7 nitrogen and oxygen atoms in total. The number of anilines is 2. The van der Waals surface area contributed by atoms with Gasteiger partial charge in [-0.25, -0.2) is 4.98 Å². The van der Waals surface area contributed by atoms with Gasteiger partial charge in [-0.05, 0) is 64.0 Å². The van der Waals surface area contributed by atoms with Gasteiger partial charge in [0.1, 0.15) is 11.9 Å². The van der Waals surface area contributed by atoms with Gasteiger partial charge >= 0.3 is 5.97 Å². The molecule has 1 atom stereocenters. The lowest BCUT2D eigenvalue weighted by Crippen LogP contribution is -2.34. The Hall–Kier alpha value is -2.92. The first-order chi connectivity index (χ1) is 14.4. The molecular formula is C22H23BrN4O3. The molecule has 30 heavy (non-hydrogen) atoms. The average molecular weight is 471 g/mol. The van der Waals surface area contributed by atoms with Crippen LogP contribution in [-0.2, 0) is 9.53 Å². The van der Waals surface area contributed by atoms with E-state index in [1.165, 1.54) is 0 Å². The molecule has 1 fully saturated rings. The number of amides is 1. The molecule has 0 radical (unpaired) electrons. The lowest BCUT2D eigenvalue weighted by Gasteiger charge is -2.22. The van der Waals surface area contributed by atoms with Gasteiger partial charge in [0.15, 0.2) is 0 Å². The summed E-state index contributed by atoms with van der Waals surface area (Å²) in [5.41, 5.74) is 2.73. The lowest BCUT2D eigenvalue weighted by molar-refractivity contribution is -0.149. The van der Waals surface area contributed by atoms with E-state index in [0.717, 1.165) is 17.7 Å². The average Bonchev–Trinajstić information content (AvgIpc) is 2.72. The zero-order chi connectivity index (χ0) is 21.7. The molecule has 0 spiro atoms. The summed E-state index contributed by atoms with van der Waals surface area (Å²) in [5.74, 6) is 0.419. The van der Waals surface area contributed by atoms with Crippen LogP contribution in [0.3, 0.4) is 0 Å². The maximum Gasteiger partial charge on any atom is 0.306 e. The standard InChI is InChI=1S/C22H23BrN4O3/c1-13(2)17-9-20(27-16-4-3-15(10-24)19(23)8-16)25-12-18(17)22(29)26-11-14-5-6-30-21(28)7-14/h3-4,8-9,12-14H,5-7,11H2,1-2H3,(H,25,27)(H,26,29). The fourth-order valence-corrected chi connectivity index (χ4v) is 3.75. The van der Waals surface area contributed by atoms with Crippen molar-refractivity contribution in [2.75, 3.05) is 18.5 Å². The van der Waals surface area contributed by atoms with Gasteiger partial charge in [0.05, 0.1) is 24.2 Å². The molecule has 156 valence electrons. The molecule has 1 aliphatic heterocycles. The number of carbonyl (C=O) groups is 2. The minimum atomic E-state index is -0.213. The van der Waals surface area contributed by atoms with Gasteiger partial charge in [-0.2, -0.15) is 5.26 Å². The number of halogens is 1. The summed E-state index contributed by atoms with van der Waals surface area (Å²) in [7, 11) is 0. The predicted octanol–water partition coefficient (Wildman–Crippen LogP) is 4.27. The fourth-order valence-electron chi connectivity index (χ4n) is 3.28. The van der Waals surface area contributed by atoms with Gasteiger partial charge in [0.2, 0.25) is 0 Å². The number of benzene rings is 1. The maximum absolute atomic E-state index is 12.8. The molecule has 3 rings (SSSR count). The molecule has 0 saturated carbocycles. The third-order valence-electron chi connectivity index (χ3n) is 4.96. The Balaban J connectivity index is 1.73. The Bertz CT molecular complexity index is 1000. The van der Waals surface area contributed by atoms with E-state index in [2.05, 4.69) is 37.6 Å². The van der Waals surface area contributed by atoms with Crippen molar-refractivity contribution >= 4 is 39.3 Å². The zero-order valence-electron chi connectivity index (χ0n) is 16.9. The van der Waals surface area contributed by atoms with Gasteiger partial charge in [0.25, 0.3) is 5.91 Å². The second-order valence-corrected chi connectivity index (χ2v) is 8.39. The van der Waals surface area contributed by atoms with Gasteiger partial charge in [0, 0.05) is 22.9 Å². The lowest BCUT2D eigenvalue weighted by atomic mass is 9.97. The summed E-state index contributed by atoms with van der Waals surface area (Å²) in [4.78, 5) is 28.6. The summed E-state index contributed by atoms with van der Waals surface area (Å²) >= 11 is 3.38. The molecule has 2 N–H and O–H groups in total. The van der Waals surface area contributed by atoms with Crippen molar-refractivity contribution in [1.82, 2.24) is 10.3 Å². The minimum Gasteiger partial charge on any atom is -0.466 e. The summed E-state index contributed by atoms with van der Waals surface area (Å²) in [6.45, 7) is 4.88. The molecular weight excluding hydrogens is 448 g/mol. The van der Waals surface area contributed by atoms with Crippen LogP contribution in [0.15, 0.2) is 34.9 Å². The highest BCUT2D eigenvalue weighted by Gasteiger charge is 2.22. The normalized spacial score (nSPS) is 16.0. The van der Waals surface area contributed by atoms with Crippen LogP contribution in [-0.4, -0.2) is 30.0 Å². The number of nitriles is 1. The van der Waals surface area contributed by atoms with Crippen molar-refractivity contribution in [3.8, 4) is 6.07 Å². The van der Waals surface area contributed by atoms with Crippen molar-refractivity contribution in [1.29, 1.82) is 5.26 Å². The van der Waals surface area contributed by atoms with Crippen LogP contribution in [0.25, 0.3) is 0 Å². The Kier molecular flexibility index (Phi) is 7.06. The van der Waals surface area contributed by atoms with Crippen LogP contribution in [0.5, 0.6) is 0 Å². The first-order valence-corrected chi connectivity index (χ1v) is 10.6. The zero-order valence-corrected chi connectivity index (χ0v) is 18.5. The molecule has 0 aliphatic carbocycles. The van der Waals surface area contributed by atoms with Crippen molar-refractivity contribution in [3.05, 3.63) is 51.6 Å². The molecule has 1 aromatic heterocycles. The van der Waals surface area contributed by atoms with E-state index in [1.807, 2.05) is 26.0 Å². The minimum absolute atomic E-state index is 0.0985. The summed E-state index contributed by atoms with van der Waals surface area (Å²) in [6, 6.07) is 9.31. The van der Waals surface area contributed by atoms with Crippen molar-refractivity contribution in [2.24, 2.45) is 5.92 Å². The first kappa shape index (κ1) is 21.8. The Labute approximate surface area is 184 Å². The number of nitrogens with one attached hydrogen (secondary N) is 2. The predicted molar refractivity (Wildman–Crippen MR) is 116 cm³/mol. The molecule has 1 saturated heterocycles. The summed E-state index contributed by atoms with van der Waals surface area (Å²) in [6.07, 6.45) is 2.66. The summed E-state index contributed by atoms with van der Waals surface area (Å²) in [5, 5.41) is 15.2. The van der Waals surface area contributed by atoms with Gasteiger partial charge in [-0.15, -0.1) is 0 Å². The van der Waals surface area contributed by atoms with Crippen LogP contribution < -0.4 is 10.6 Å². The number of pyridine rings is 1. The van der Waals surface area contributed by atoms with E-state index in [-0.39, 0.29) is 23.7 Å². The number of carbonyl (C=O) groups excluding carboxylic acids is 2. The molecule has 1 unspecified atom stereocenters. The highest BCUT2D eigenvalue weighted by molar-refractivity contribution is 9.10. The molecule has 2 aromatic rings. The van der Waals surface area contributed by atoms with Crippen LogP contribution in [0.4, 0.5) is 11.5 Å². The van der Waals surface area contributed by atoms with Crippen LogP contribution >= 0.6 is 15.9 Å². The van der Waals surface area contributed by atoms with E-state index in [9.17, 15) is 9.59 Å². The number of nitrogens with zero attached hydrogens (tertiary/aromatic N) is 2. The SMILES string of the molecule is CC(C)c1cc(Nc2ccc(C#N)c(Br)c2)ncc1C(=O)NCC1CCOC(=O)C1. The number of hydrogen-bond acceptors (Lipinski definition) is 6. The largest absolute Gasteiger partial charge is 0.466 e. The first-order valence-electron chi connectivity index (χ1n) is 9.77. The van der Waals surface area contributed by atoms with E-state index in [4.69, 9.17) is 10.00 Å². The quantitative estimate of drug-likeness (QED) is 0.610. The third-order valence-corrected chi connectivity index (χ3v) is 5.62.